The number of nitro benzene ring substituents is 2. The van der Waals surface area contributed by atoms with Gasteiger partial charge in [0.05, 0.1) is 26.5 Å². The Kier molecular flexibility index (Phi) is 5.09. The predicted octanol–water partition coefficient (Wildman–Crippen LogP) is 3.41. The van der Waals surface area contributed by atoms with Crippen molar-refractivity contribution in [3.05, 3.63) is 72.7 Å². The molecule has 10 nitrogen and oxygen atoms in total. The number of rotatable bonds is 4. The molecule has 0 bridgehead atoms. The van der Waals surface area contributed by atoms with E-state index < -0.39 is 32.9 Å². The first kappa shape index (κ1) is 19.0. The van der Waals surface area contributed by atoms with Crippen molar-refractivity contribution in [2.75, 3.05) is 0 Å². The molecule has 0 radical (unpaired) electrons. The van der Waals surface area contributed by atoms with Crippen LogP contribution in [0.3, 0.4) is 0 Å². The number of aryl methyl sites for hydroxylation is 1. The molecule has 1 heterocycles. The average Bonchev–Trinajstić information content (AvgIpc) is 2.97. The summed E-state index contributed by atoms with van der Waals surface area (Å²) in [5.74, 6) is -1.30. The summed E-state index contributed by atoms with van der Waals surface area (Å²) in [6.45, 7) is 1.93. The molecule has 2 aromatic carbocycles. The monoisotopic (exact) mass is 400 g/mol. The number of amidine groups is 1. The van der Waals surface area contributed by atoms with Gasteiger partial charge in [0.1, 0.15) is 0 Å². The van der Waals surface area contributed by atoms with E-state index in [1.807, 2.05) is 19.1 Å². The molecule has 2 aromatic rings. The number of hydrogen-bond acceptors (Lipinski definition) is 8. The Labute approximate surface area is 161 Å². The van der Waals surface area contributed by atoms with Crippen LogP contribution in [-0.4, -0.2) is 26.0 Å². The molecule has 1 amide bonds. The van der Waals surface area contributed by atoms with Gasteiger partial charge in [-0.2, -0.15) is 0 Å². The third-order valence-corrected chi connectivity index (χ3v) is 4.62. The van der Waals surface area contributed by atoms with E-state index in [0.29, 0.717) is 11.8 Å². The largest absolute Gasteiger partial charge is 0.502 e. The fourth-order valence-corrected chi connectivity index (χ4v) is 3.17. The van der Waals surface area contributed by atoms with E-state index in [-0.39, 0.29) is 15.6 Å². The van der Waals surface area contributed by atoms with Crippen LogP contribution in [0.15, 0.2) is 46.3 Å². The first-order chi connectivity index (χ1) is 13.2. The zero-order chi connectivity index (χ0) is 20.4. The van der Waals surface area contributed by atoms with E-state index in [9.17, 15) is 30.1 Å². The molecule has 0 spiro atoms. The summed E-state index contributed by atoms with van der Waals surface area (Å²) < 4.78 is 0. The van der Waals surface area contributed by atoms with Gasteiger partial charge in [0.2, 0.25) is 5.75 Å². The van der Waals surface area contributed by atoms with Gasteiger partial charge in [0.15, 0.2) is 5.17 Å². The van der Waals surface area contributed by atoms with Gasteiger partial charge < -0.3 is 10.4 Å². The number of phenolic OH excluding ortho intramolecular Hbond substituents is 1. The van der Waals surface area contributed by atoms with Crippen molar-refractivity contribution in [2.45, 2.75) is 6.92 Å². The van der Waals surface area contributed by atoms with Crippen LogP contribution in [0.1, 0.15) is 11.1 Å². The highest BCUT2D eigenvalue weighted by atomic mass is 32.2. The van der Waals surface area contributed by atoms with Crippen molar-refractivity contribution in [3.63, 3.8) is 0 Å². The maximum absolute atomic E-state index is 12.2. The zero-order valence-corrected chi connectivity index (χ0v) is 15.1. The van der Waals surface area contributed by atoms with Gasteiger partial charge in [0.25, 0.3) is 11.6 Å². The summed E-state index contributed by atoms with van der Waals surface area (Å²) in [7, 11) is 0. The van der Waals surface area contributed by atoms with Crippen LogP contribution in [0.2, 0.25) is 0 Å². The summed E-state index contributed by atoms with van der Waals surface area (Å²) in [5.41, 5.74) is 0.0558. The number of non-ortho nitro benzene ring substituents is 1. The molecule has 0 atom stereocenters. The highest BCUT2D eigenvalue weighted by molar-refractivity contribution is 8.18. The lowest BCUT2D eigenvalue weighted by Gasteiger charge is -2.02. The minimum atomic E-state index is -0.934. The summed E-state index contributed by atoms with van der Waals surface area (Å²) in [5, 5.41) is 34.9. The number of carbonyl (C=O) groups excluding carboxylic acids is 1. The van der Waals surface area contributed by atoms with E-state index >= 15 is 0 Å². The van der Waals surface area contributed by atoms with E-state index in [1.165, 1.54) is 0 Å². The van der Waals surface area contributed by atoms with Gasteiger partial charge in [0, 0.05) is 11.6 Å². The number of hydrogen-bond donors (Lipinski definition) is 2. The Hall–Kier alpha value is -3.73. The molecule has 28 heavy (non-hydrogen) atoms. The van der Waals surface area contributed by atoms with Gasteiger partial charge in [-0.15, -0.1) is 0 Å². The lowest BCUT2D eigenvalue weighted by Crippen LogP contribution is -2.19. The molecule has 1 aliphatic heterocycles. The van der Waals surface area contributed by atoms with Gasteiger partial charge in [-0.25, -0.2) is 4.99 Å². The smallest absolute Gasteiger partial charge is 0.318 e. The summed E-state index contributed by atoms with van der Waals surface area (Å²) in [6, 6.07) is 8.87. The van der Waals surface area contributed by atoms with Gasteiger partial charge >= 0.3 is 5.69 Å². The second-order valence-electron chi connectivity index (χ2n) is 5.73. The van der Waals surface area contributed by atoms with Crippen LogP contribution in [0.5, 0.6) is 5.75 Å². The normalized spacial score (nSPS) is 16.4. The maximum Gasteiger partial charge on any atom is 0.318 e. The quantitative estimate of drug-likeness (QED) is 0.454. The van der Waals surface area contributed by atoms with E-state index in [4.69, 9.17) is 0 Å². The van der Waals surface area contributed by atoms with Crippen molar-refractivity contribution >= 4 is 46.0 Å². The van der Waals surface area contributed by atoms with Crippen LogP contribution in [-0.2, 0) is 4.79 Å². The highest BCUT2D eigenvalue weighted by Gasteiger charge is 2.27. The predicted molar refractivity (Wildman–Crippen MR) is 103 cm³/mol. The van der Waals surface area contributed by atoms with Crippen molar-refractivity contribution in [1.82, 2.24) is 5.32 Å². The van der Waals surface area contributed by atoms with Crippen molar-refractivity contribution < 1.29 is 19.7 Å². The number of amides is 1. The van der Waals surface area contributed by atoms with Crippen molar-refractivity contribution in [3.8, 4) is 5.75 Å². The average molecular weight is 400 g/mol. The molecule has 1 fully saturated rings. The standard InChI is InChI=1S/C17H12N4O6S/c1-9-2-4-11(5-3-9)18-17-19-16(23)14(28-17)7-10-6-12(20(24)25)8-13(15(10)22)21(26)27/h2-8,22H,1H3,(H,18,19,23)/b14-7+. The molecule has 1 saturated heterocycles. The molecule has 1 aliphatic rings. The lowest BCUT2D eigenvalue weighted by atomic mass is 10.1. The number of aliphatic imine (C=N–C) groups is 1. The number of nitrogens with one attached hydrogen (secondary N) is 1. The molecule has 3 rings (SSSR count). The Morgan fingerprint density at radius 3 is 2.43 bits per heavy atom. The number of thioether (sulfide) groups is 1. The number of benzene rings is 2. The van der Waals surface area contributed by atoms with Gasteiger partial charge in [-0.05, 0) is 36.9 Å². The summed E-state index contributed by atoms with van der Waals surface area (Å²) >= 11 is 0.949. The first-order valence-electron chi connectivity index (χ1n) is 7.76. The van der Waals surface area contributed by atoms with E-state index in [1.54, 1.807) is 12.1 Å². The molecule has 0 saturated carbocycles. The molecule has 0 unspecified atom stereocenters. The maximum atomic E-state index is 12.2. The number of carbonyl (C=O) groups is 1. The molecule has 0 aliphatic carbocycles. The third-order valence-electron chi connectivity index (χ3n) is 3.71. The highest BCUT2D eigenvalue weighted by Crippen LogP contribution is 2.37. The second-order valence-corrected chi connectivity index (χ2v) is 6.76. The van der Waals surface area contributed by atoms with Gasteiger partial charge in [-0.3, -0.25) is 25.0 Å². The van der Waals surface area contributed by atoms with Crippen LogP contribution in [0.25, 0.3) is 6.08 Å². The number of nitrogens with zero attached hydrogens (tertiary/aromatic N) is 3. The third kappa shape index (κ3) is 3.99. The zero-order valence-electron chi connectivity index (χ0n) is 14.3. The fourth-order valence-electron chi connectivity index (χ4n) is 2.34. The number of aromatic hydroxyl groups is 1. The number of phenols is 1. The second kappa shape index (κ2) is 7.48. The SMILES string of the molecule is Cc1ccc(N=C2NC(=O)/C(=C\c3cc([N+](=O)[O-])cc([N+](=O)[O-])c3O)S2)cc1. The van der Waals surface area contributed by atoms with Crippen LogP contribution >= 0.6 is 11.8 Å². The Morgan fingerprint density at radius 1 is 1.14 bits per heavy atom. The summed E-state index contributed by atoms with van der Waals surface area (Å²) in [6.07, 6.45) is 1.15. The molecular formula is C17H12N4O6S. The van der Waals surface area contributed by atoms with Crippen LogP contribution < -0.4 is 5.32 Å². The van der Waals surface area contributed by atoms with E-state index in [2.05, 4.69) is 10.3 Å². The molecule has 0 aromatic heterocycles. The molecule has 142 valence electrons. The summed E-state index contributed by atoms with van der Waals surface area (Å²) in [4.78, 5) is 36.8. The molecule has 11 heteroatoms. The Balaban J connectivity index is 1.97. The van der Waals surface area contributed by atoms with Crippen molar-refractivity contribution in [2.24, 2.45) is 4.99 Å². The Morgan fingerprint density at radius 2 is 1.82 bits per heavy atom. The number of nitro groups is 2. The first-order valence-corrected chi connectivity index (χ1v) is 8.58. The van der Waals surface area contributed by atoms with Crippen LogP contribution in [0, 0.1) is 27.2 Å². The molecule has 2 N–H and O–H groups in total. The topological polar surface area (TPSA) is 148 Å². The fraction of sp³-hybridized carbons (Fsp3) is 0.0588. The lowest BCUT2D eigenvalue weighted by molar-refractivity contribution is -0.394. The van der Waals surface area contributed by atoms with E-state index in [0.717, 1.165) is 29.5 Å². The van der Waals surface area contributed by atoms with Gasteiger partial charge in [-0.1, -0.05) is 17.7 Å². The Bertz CT molecular complexity index is 1060. The minimum Gasteiger partial charge on any atom is -0.502 e. The van der Waals surface area contributed by atoms with Crippen LogP contribution in [0.4, 0.5) is 17.1 Å². The molecular weight excluding hydrogens is 388 g/mol. The van der Waals surface area contributed by atoms with Crippen molar-refractivity contribution in [1.29, 1.82) is 0 Å². The minimum absolute atomic E-state index is 0.0796.